The van der Waals surface area contributed by atoms with Gasteiger partial charge in [-0.15, -0.1) is 0 Å². The molecule has 2 amide bonds. The second-order valence-electron chi connectivity index (χ2n) is 10.3. The number of halogens is 2. The van der Waals surface area contributed by atoms with Crippen LogP contribution in [-0.4, -0.2) is 50.9 Å². The second kappa shape index (κ2) is 14.3. The third-order valence-corrected chi connectivity index (χ3v) is 9.38. The molecule has 0 aliphatic rings. The van der Waals surface area contributed by atoms with Gasteiger partial charge in [0.15, 0.2) is 0 Å². The van der Waals surface area contributed by atoms with Gasteiger partial charge in [0, 0.05) is 22.6 Å². The third-order valence-electron chi connectivity index (χ3n) is 7.02. The van der Waals surface area contributed by atoms with Gasteiger partial charge < -0.3 is 15.0 Å². The molecular weight excluding hydrogens is 597 g/mol. The summed E-state index contributed by atoms with van der Waals surface area (Å²) in [5.41, 5.74) is 2.41. The van der Waals surface area contributed by atoms with Gasteiger partial charge in [-0.25, -0.2) is 8.42 Å². The zero-order valence-electron chi connectivity index (χ0n) is 24.6. The summed E-state index contributed by atoms with van der Waals surface area (Å²) in [6, 6.07) is 15.3. The number of nitrogens with one attached hydrogen (secondary N) is 1. The van der Waals surface area contributed by atoms with E-state index in [1.165, 1.54) is 24.1 Å². The minimum atomic E-state index is -4.24. The Morgan fingerprint density at radius 3 is 2.19 bits per heavy atom. The summed E-state index contributed by atoms with van der Waals surface area (Å²) < 4.78 is 34.8. The van der Waals surface area contributed by atoms with Crippen LogP contribution < -0.4 is 14.4 Å². The highest BCUT2D eigenvalue weighted by atomic mass is 35.5. The summed E-state index contributed by atoms with van der Waals surface area (Å²) >= 11 is 12.5. The van der Waals surface area contributed by atoms with Crippen LogP contribution in [0.1, 0.15) is 43.9 Å². The lowest BCUT2D eigenvalue weighted by atomic mass is 10.1. The molecule has 42 heavy (non-hydrogen) atoms. The van der Waals surface area contributed by atoms with E-state index in [4.69, 9.17) is 27.9 Å². The number of amides is 2. The van der Waals surface area contributed by atoms with E-state index in [2.05, 4.69) is 5.32 Å². The summed E-state index contributed by atoms with van der Waals surface area (Å²) in [5, 5.41) is 3.65. The van der Waals surface area contributed by atoms with Gasteiger partial charge in [-0.05, 0) is 81.6 Å². The molecule has 0 radical (unpaired) electrons. The summed E-state index contributed by atoms with van der Waals surface area (Å²) in [7, 11) is -2.81. The van der Waals surface area contributed by atoms with E-state index in [1.54, 1.807) is 55.5 Å². The van der Waals surface area contributed by atoms with E-state index in [-0.39, 0.29) is 34.8 Å². The molecule has 0 saturated heterocycles. The first kappa shape index (κ1) is 33.2. The van der Waals surface area contributed by atoms with Crippen molar-refractivity contribution in [2.45, 2.75) is 64.6 Å². The molecule has 3 rings (SSSR count). The Labute approximate surface area is 258 Å². The molecular formula is C31H37Cl2N3O5S. The molecule has 0 saturated carbocycles. The van der Waals surface area contributed by atoms with Gasteiger partial charge in [0.25, 0.3) is 10.0 Å². The highest BCUT2D eigenvalue weighted by molar-refractivity contribution is 7.92. The summed E-state index contributed by atoms with van der Waals surface area (Å²) in [6.45, 7) is 8.44. The monoisotopic (exact) mass is 633 g/mol. The SMILES string of the molecule is CC[C@H](C)NC(=O)[C@H](C)N(Cc1ccc(Cl)cc1Cl)C(=O)CN(c1cc(C)ccc1OC)S(=O)(=O)c1ccc(C)cc1. The maximum absolute atomic E-state index is 14.2. The Kier molecular flexibility index (Phi) is 11.3. The smallest absolute Gasteiger partial charge is 0.264 e. The number of ether oxygens (including phenoxy) is 1. The summed E-state index contributed by atoms with van der Waals surface area (Å²) in [6.07, 6.45) is 0.700. The lowest BCUT2D eigenvalue weighted by molar-refractivity contribution is -0.139. The number of methoxy groups -OCH3 is 1. The van der Waals surface area contributed by atoms with E-state index < -0.39 is 28.5 Å². The fourth-order valence-corrected chi connectivity index (χ4v) is 6.11. The number of hydrogen-bond acceptors (Lipinski definition) is 5. The van der Waals surface area contributed by atoms with Crippen LogP contribution in [0.2, 0.25) is 10.0 Å². The predicted octanol–water partition coefficient (Wildman–Crippen LogP) is 6.15. The van der Waals surface area contributed by atoms with Crippen LogP contribution in [0.25, 0.3) is 0 Å². The third kappa shape index (κ3) is 7.96. The molecule has 11 heteroatoms. The average Bonchev–Trinajstić information content (AvgIpc) is 2.95. The Morgan fingerprint density at radius 1 is 0.952 bits per heavy atom. The molecule has 3 aromatic carbocycles. The Hall–Kier alpha value is -3.27. The lowest BCUT2D eigenvalue weighted by Gasteiger charge is -2.33. The van der Waals surface area contributed by atoms with Gasteiger partial charge in [0.2, 0.25) is 11.8 Å². The number of rotatable bonds is 12. The van der Waals surface area contributed by atoms with Crippen molar-refractivity contribution in [2.75, 3.05) is 18.0 Å². The predicted molar refractivity (Wildman–Crippen MR) is 168 cm³/mol. The van der Waals surface area contributed by atoms with E-state index in [1.807, 2.05) is 27.7 Å². The Morgan fingerprint density at radius 2 is 1.60 bits per heavy atom. The number of carbonyl (C=O) groups excluding carboxylic acids is 2. The number of carbonyl (C=O) groups is 2. The highest BCUT2D eigenvalue weighted by Gasteiger charge is 2.34. The van der Waals surface area contributed by atoms with Crippen molar-refractivity contribution < 1.29 is 22.7 Å². The van der Waals surface area contributed by atoms with E-state index in [0.29, 0.717) is 22.0 Å². The van der Waals surface area contributed by atoms with Gasteiger partial charge in [-0.3, -0.25) is 13.9 Å². The number of sulfonamides is 1. The molecule has 0 aromatic heterocycles. The molecule has 8 nitrogen and oxygen atoms in total. The van der Waals surface area contributed by atoms with Gasteiger partial charge >= 0.3 is 0 Å². The molecule has 0 spiro atoms. The first-order valence-electron chi connectivity index (χ1n) is 13.6. The van der Waals surface area contributed by atoms with Crippen molar-refractivity contribution in [3.05, 3.63) is 87.4 Å². The van der Waals surface area contributed by atoms with Gasteiger partial charge in [-0.1, -0.05) is 60.0 Å². The number of anilines is 1. The zero-order valence-corrected chi connectivity index (χ0v) is 27.0. The molecule has 0 bridgehead atoms. The fraction of sp³-hybridized carbons (Fsp3) is 0.355. The molecule has 1 N–H and O–H groups in total. The quantitative estimate of drug-likeness (QED) is 0.258. The molecule has 0 heterocycles. The molecule has 0 fully saturated rings. The Balaban J connectivity index is 2.12. The van der Waals surface area contributed by atoms with Crippen LogP contribution in [0.4, 0.5) is 5.69 Å². The molecule has 3 aromatic rings. The number of nitrogens with zero attached hydrogens (tertiary/aromatic N) is 2. The molecule has 0 aliphatic carbocycles. The summed E-state index contributed by atoms with van der Waals surface area (Å²) in [5.74, 6) is -0.699. The maximum atomic E-state index is 14.2. The largest absolute Gasteiger partial charge is 0.495 e. The van der Waals surface area contributed by atoms with Gasteiger partial charge in [0.1, 0.15) is 18.3 Å². The van der Waals surface area contributed by atoms with Crippen molar-refractivity contribution in [3.63, 3.8) is 0 Å². The van der Waals surface area contributed by atoms with Crippen LogP contribution in [0.3, 0.4) is 0 Å². The highest BCUT2D eigenvalue weighted by Crippen LogP contribution is 2.34. The van der Waals surface area contributed by atoms with Crippen LogP contribution in [0, 0.1) is 13.8 Å². The first-order valence-corrected chi connectivity index (χ1v) is 15.8. The normalized spacial score (nSPS) is 12.8. The van der Waals surface area contributed by atoms with Crippen LogP contribution in [0.5, 0.6) is 5.75 Å². The van der Waals surface area contributed by atoms with Gasteiger partial charge in [0.05, 0.1) is 17.7 Å². The van der Waals surface area contributed by atoms with Crippen molar-refractivity contribution in [1.82, 2.24) is 10.2 Å². The van der Waals surface area contributed by atoms with E-state index in [9.17, 15) is 18.0 Å². The number of benzene rings is 3. The topological polar surface area (TPSA) is 96.0 Å². The van der Waals surface area contributed by atoms with Crippen LogP contribution in [-0.2, 0) is 26.2 Å². The number of hydrogen-bond donors (Lipinski definition) is 1. The average molecular weight is 635 g/mol. The van der Waals surface area contributed by atoms with Gasteiger partial charge in [-0.2, -0.15) is 0 Å². The number of aryl methyl sites for hydroxylation is 2. The van der Waals surface area contributed by atoms with Crippen molar-refractivity contribution in [3.8, 4) is 5.75 Å². The minimum Gasteiger partial charge on any atom is -0.495 e. The van der Waals surface area contributed by atoms with Crippen LogP contribution >= 0.6 is 23.2 Å². The van der Waals surface area contributed by atoms with Crippen molar-refractivity contribution in [2.24, 2.45) is 0 Å². The van der Waals surface area contributed by atoms with E-state index in [0.717, 1.165) is 15.4 Å². The van der Waals surface area contributed by atoms with Crippen LogP contribution in [0.15, 0.2) is 65.6 Å². The maximum Gasteiger partial charge on any atom is 0.264 e. The fourth-order valence-electron chi connectivity index (χ4n) is 4.23. The van der Waals surface area contributed by atoms with Crippen molar-refractivity contribution >= 4 is 50.7 Å². The molecule has 0 unspecified atom stereocenters. The second-order valence-corrected chi connectivity index (χ2v) is 13.0. The Bertz CT molecular complexity index is 1530. The lowest BCUT2D eigenvalue weighted by Crippen LogP contribution is -2.52. The van der Waals surface area contributed by atoms with E-state index >= 15 is 0 Å². The molecule has 226 valence electrons. The zero-order chi connectivity index (χ0) is 31.2. The standard InChI is InChI=1S/C31H37Cl2N3O5S/c1-7-22(4)34-31(38)23(5)35(18-24-11-12-25(32)17-27(24)33)30(37)19-36(28-16-21(3)10-15-29(28)41-6)42(39,40)26-13-8-20(2)9-14-26/h8-17,22-23H,7,18-19H2,1-6H3,(H,34,38)/t22-,23-/m0/s1. The summed E-state index contributed by atoms with van der Waals surface area (Å²) in [4.78, 5) is 28.7. The first-order chi connectivity index (χ1) is 19.8. The van der Waals surface area contributed by atoms with Crippen molar-refractivity contribution in [1.29, 1.82) is 0 Å². The molecule has 2 atom stereocenters. The minimum absolute atomic E-state index is 0.0133. The molecule has 0 aliphatic heterocycles.